The minimum absolute atomic E-state index is 0.0412. The average molecular weight is 1670 g/mol. The van der Waals surface area contributed by atoms with Crippen molar-refractivity contribution in [1.29, 1.82) is 0 Å². The smallest absolute Gasteiger partial charge is 0.410 e. The van der Waals surface area contributed by atoms with Gasteiger partial charge in [-0.05, 0) is 126 Å². The van der Waals surface area contributed by atoms with Crippen LogP contribution in [-0.4, -0.2) is 215 Å². The van der Waals surface area contributed by atoms with Crippen molar-refractivity contribution < 1.29 is 47.5 Å². The average Bonchev–Trinajstić information content (AvgIpc) is 1.67. The minimum Gasteiger partial charge on any atom is -0.444 e. The molecule has 22 nitrogen and oxygen atoms in total. The number of thioether (sulfide) groups is 1. The molecule has 2 aromatic carbocycles. The van der Waals surface area contributed by atoms with E-state index in [1.54, 1.807) is 11.8 Å². The van der Waals surface area contributed by atoms with Crippen LogP contribution >= 0.6 is 27.7 Å². The molecule has 8 aromatic rings. The molecule has 4 saturated heterocycles. The third kappa shape index (κ3) is 23.0. The largest absolute Gasteiger partial charge is 0.444 e. The quantitative estimate of drug-likeness (QED) is 0.0185. The van der Waals surface area contributed by atoms with Crippen LogP contribution in [-0.2, 0) is 37.9 Å². The number of halogens is 1. The second-order valence-corrected chi connectivity index (χ2v) is 61.0. The first-order valence-electron chi connectivity index (χ1n) is 39.5. The predicted molar refractivity (Wildman–Crippen MR) is 461 cm³/mol. The molecule has 602 valence electrons. The van der Waals surface area contributed by atoms with Crippen LogP contribution in [0.4, 0.5) is 21.2 Å². The van der Waals surface area contributed by atoms with Crippen molar-refractivity contribution >= 4 is 95.1 Å². The summed E-state index contributed by atoms with van der Waals surface area (Å²) in [5.41, 5.74) is 9.85. The monoisotopic (exact) mass is 1670 g/mol. The fraction of sp³-hybridized carbons (Fsp3) is 0.566. The normalized spacial score (nSPS) is 19.1. The van der Waals surface area contributed by atoms with Crippen LogP contribution in [0.25, 0.3) is 56.1 Å². The maximum Gasteiger partial charge on any atom is 0.410 e. The number of hydrogen-bond acceptors (Lipinski definition) is 19. The number of hydrogen-bond donors (Lipinski definition) is 0. The van der Waals surface area contributed by atoms with Crippen molar-refractivity contribution in [3.8, 4) is 44.8 Å². The van der Waals surface area contributed by atoms with Gasteiger partial charge in [0.05, 0.1) is 95.1 Å². The summed E-state index contributed by atoms with van der Waals surface area (Å²) in [6, 6.07) is 32.5. The van der Waals surface area contributed by atoms with Gasteiger partial charge in [0.25, 0.3) is 0 Å². The molecule has 4 aliphatic rings. The lowest BCUT2D eigenvalue weighted by atomic mass is 9.83. The molecule has 0 radical (unpaired) electrons. The van der Waals surface area contributed by atoms with Crippen molar-refractivity contribution in [2.75, 3.05) is 95.8 Å². The fourth-order valence-corrected chi connectivity index (χ4v) is 19.0. The Balaban J connectivity index is 0.000000220. The summed E-state index contributed by atoms with van der Waals surface area (Å²) in [4.78, 5) is 56.9. The lowest BCUT2D eigenvalue weighted by molar-refractivity contribution is -0.0831. The van der Waals surface area contributed by atoms with Crippen molar-refractivity contribution in [3.63, 3.8) is 0 Å². The van der Waals surface area contributed by atoms with Crippen molar-refractivity contribution in [3.05, 3.63) is 126 Å². The molecular weight excluding hydrogens is 1550 g/mol. The van der Waals surface area contributed by atoms with E-state index in [0.29, 0.717) is 105 Å². The first-order chi connectivity index (χ1) is 52.5. The maximum atomic E-state index is 13.5. The molecule has 4 bridgehead atoms. The summed E-state index contributed by atoms with van der Waals surface area (Å²) in [5.74, 6) is 1.86. The highest BCUT2D eigenvalue weighted by atomic mass is 79.9. The standard InChI is InChI=1S/C42H62N6O5SSi2.C41H59BrN6O5Si2/c1-42(2,3)53-41(49)47-33-22-32(23-34(47)27-52-26-33)37-38(54-4)40(46(28-50-18-20-55(5,6)7)29-51-19-21-56(8,9)10)48-39(45-37)35(25-44-48)31-16-17-36(43-24-31)30-14-12-11-13-15-30;1-41(2,3)53-40(49)47-32-21-31(22-33(47)26-52-25-32)37-36(42)39(46(27-50-17-19-54(4,5)6)28-51-18-20-55(7,8)9)48-38(45-37)34(24-44-48)30-15-16-35(43-23-30)29-13-11-10-12-14-29/h11-17,24-25,32-34H,18-23,26-29H2,1-10H3;10-16,23-24,31-33H,17-22,25-28H2,1-9H3. The third-order valence-corrected chi connectivity index (χ3v) is 28.7. The molecule has 12 rings (SSSR count). The van der Waals surface area contributed by atoms with Gasteiger partial charge < -0.3 is 47.7 Å². The number of amides is 2. The summed E-state index contributed by atoms with van der Waals surface area (Å²) in [6.45, 7) is 45.9. The van der Waals surface area contributed by atoms with Gasteiger partial charge >= 0.3 is 12.2 Å². The van der Waals surface area contributed by atoms with E-state index < -0.39 is 43.5 Å². The topological polar surface area (TPSA) is 207 Å². The Morgan fingerprint density at radius 1 is 0.477 bits per heavy atom. The first kappa shape index (κ1) is 85.5. The summed E-state index contributed by atoms with van der Waals surface area (Å²) in [7, 11) is -5.23. The lowest BCUT2D eigenvalue weighted by Gasteiger charge is -2.48. The zero-order chi connectivity index (χ0) is 79.8. The van der Waals surface area contributed by atoms with Gasteiger partial charge in [0, 0.05) is 116 Å². The lowest BCUT2D eigenvalue weighted by Crippen LogP contribution is -2.59. The van der Waals surface area contributed by atoms with Gasteiger partial charge in [-0.15, -0.1) is 11.8 Å². The Morgan fingerprint density at radius 2 is 0.820 bits per heavy atom. The Hall–Kier alpha value is -6.42. The third-order valence-electron chi connectivity index (χ3n) is 20.3. The molecule has 111 heavy (non-hydrogen) atoms. The molecule has 4 aliphatic heterocycles. The number of morpholine rings is 2. The van der Waals surface area contributed by atoms with Crippen LogP contribution in [0.1, 0.15) is 90.4 Å². The number of nitrogens with zero attached hydrogens (tertiary/aromatic N) is 12. The summed E-state index contributed by atoms with van der Waals surface area (Å²) in [5, 5.41) is 10.0. The summed E-state index contributed by atoms with van der Waals surface area (Å²) >= 11 is 5.76. The molecule has 2 amide bonds. The molecule has 4 atom stereocenters. The van der Waals surface area contributed by atoms with Crippen LogP contribution in [0.5, 0.6) is 0 Å². The number of pyridine rings is 2. The fourth-order valence-electron chi connectivity index (χ4n) is 14.4. The highest BCUT2D eigenvalue weighted by molar-refractivity contribution is 9.10. The molecule has 4 fully saturated rings. The van der Waals surface area contributed by atoms with Gasteiger partial charge in [0.1, 0.15) is 38.1 Å². The van der Waals surface area contributed by atoms with E-state index in [9.17, 15) is 9.59 Å². The number of carbonyl (C=O) groups is 2. The van der Waals surface area contributed by atoms with E-state index in [4.69, 9.17) is 68.0 Å². The molecule has 0 N–H and O–H groups in total. The molecule has 10 heterocycles. The number of rotatable bonds is 29. The van der Waals surface area contributed by atoms with Crippen molar-refractivity contribution in [2.45, 2.75) is 222 Å². The van der Waals surface area contributed by atoms with E-state index in [-0.39, 0.29) is 48.2 Å². The van der Waals surface area contributed by atoms with Crippen LogP contribution < -0.4 is 9.80 Å². The maximum absolute atomic E-state index is 13.5. The van der Waals surface area contributed by atoms with E-state index >= 15 is 0 Å². The van der Waals surface area contributed by atoms with E-state index in [2.05, 4.69) is 153 Å². The highest BCUT2D eigenvalue weighted by Gasteiger charge is 2.47. The molecule has 28 heteroatoms. The van der Waals surface area contributed by atoms with E-state index in [1.807, 2.05) is 128 Å². The Labute approximate surface area is 675 Å². The van der Waals surface area contributed by atoms with E-state index in [0.717, 1.165) is 113 Å². The number of aromatic nitrogens is 8. The van der Waals surface area contributed by atoms with Crippen molar-refractivity contribution in [2.24, 2.45) is 0 Å². The van der Waals surface area contributed by atoms with Gasteiger partial charge in [-0.25, -0.2) is 19.6 Å². The Kier molecular flexibility index (Phi) is 28.2. The minimum atomic E-state index is -1.31. The number of piperidine rings is 2. The van der Waals surface area contributed by atoms with Crippen LogP contribution in [0, 0.1) is 0 Å². The predicted octanol–water partition coefficient (Wildman–Crippen LogP) is 19.0. The number of anilines is 2. The number of fused-ring (bicyclic) bond motifs is 6. The second-order valence-electron chi connectivity index (χ2n) is 36.9. The molecule has 6 aromatic heterocycles. The van der Waals surface area contributed by atoms with Gasteiger partial charge in [0.2, 0.25) is 0 Å². The number of carbonyl (C=O) groups excluding carboxylic acids is 2. The molecule has 0 saturated carbocycles. The van der Waals surface area contributed by atoms with Crippen LogP contribution in [0.2, 0.25) is 103 Å². The Morgan fingerprint density at radius 3 is 1.15 bits per heavy atom. The van der Waals surface area contributed by atoms with Gasteiger partial charge in [-0.2, -0.15) is 19.2 Å². The zero-order valence-corrected chi connectivity index (χ0v) is 75.6. The zero-order valence-electron chi connectivity index (χ0n) is 69.2. The van der Waals surface area contributed by atoms with Crippen LogP contribution in [0.3, 0.4) is 0 Å². The molecule has 0 aliphatic carbocycles. The summed E-state index contributed by atoms with van der Waals surface area (Å²) < 4.78 is 54.4. The van der Waals surface area contributed by atoms with E-state index in [1.165, 1.54) is 0 Å². The highest BCUT2D eigenvalue weighted by Crippen LogP contribution is 2.47. The van der Waals surface area contributed by atoms with Gasteiger partial charge in [-0.1, -0.05) is 151 Å². The SMILES string of the molecule is CC(C)(C)OC(=O)N1C2COCC1CC(c1nc3c(-c4ccc(-c5ccccc5)nc4)cnn3c(N(COCC[Si](C)(C)C)COCC[Si](C)(C)C)c1Br)C2.CSc1c(C2CC3COCC(C2)N3C(=O)OC(C)(C)C)nc2c(-c3ccc(-c4ccccc4)nc3)cnn2c1N(COCC[Si](C)(C)C)COCC[Si](C)(C)C. The molecule has 4 unspecified atom stereocenters. The Bertz CT molecular complexity index is 4320. The van der Waals surface area contributed by atoms with Gasteiger partial charge in [-0.3, -0.25) is 19.8 Å². The first-order valence-corrected chi connectivity index (χ1v) is 56.4. The van der Waals surface area contributed by atoms with Gasteiger partial charge in [0.15, 0.2) is 22.9 Å². The molecule has 0 spiro atoms. The second kappa shape index (κ2) is 36.6. The van der Waals surface area contributed by atoms with Crippen molar-refractivity contribution in [1.82, 2.24) is 49.0 Å². The summed E-state index contributed by atoms with van der Waals surface area (Å²) in [6.07, 6.45) is 12.0. The number of ether oxygens (including phenoxy) is 8. The van der Waals surface area contributed by atoms with Crippen LogP contribution in [0.15, 0.2) is 119 Å². The number of benzene rings is 2. The molecular formula is C83H121BrN12O10SSi4.